The number of nitrogens with one attached hydrogen (secondary N) is 1. The molecule has 0 aliphatic carbocycles. The number of aryl methyl sites for hydroxylation is 1. The highest BCUT2D eigenvalue weighted by Crippen LogP contribution is 2.20. The van der Waals surface area contributed by atoms with Crippen LogP contribution in [0.3, 0.4) is 0 Å². The first kappa shape index (κ1) is 7.91. The van der Waals surface area contributed by atoms with Gasteiger partial charge in [-0.05, 0) is 6.92 Å². The minimum absolute atomic E-state index is 0.384. The van der Waals surface area contributed by atoms with E-state index in [1.807, 2.05) is 6.92 Å². The lowest BCUT2D eigenvalue weighted by Crippen LogP contribution is -2.00. The fourth-order valence-corrected chi connectivity index (χ4v) is 1.25. The van der Waals surface area contributed by atoms with Gasteiger partial charge in [-0.15, -0.1) is 0 Å². The topological polar surface area (TPSA) is 55.2 Å². The average Bonchev–Trinajstić information content (AvgIpc) is 2.67. The summed E-state index contributed by atoms with van der Waals surface area (Å²) in [7, 11) is 1.35. The van der Waals surface area contributed by atoms with Gasteiger partial charge in [0.15, 0.2) is 5.58 Å². The number of fused-ring (bicyclic) bond motifs is 1. The molecule has 4 heteroatoms. The first-order valence-corrected chi connectivity index (χ1v) is 3.87. The van der Waals surface area contributed by atoms with Gasteiger partial charge in [-0.25, -0.2) is 4.79 Å². The highest BCUT2D eigenvalue weighted by Gasteiger charge is 2.12. The molecule has 0 spiro atoms. The van der Waals surface area contributed by atoms with Gasteiger partial charge in [-0.3, -0.25) is 0 Å². The maximum absolute atomic E-state index is 11.1. The normalized spacial score (nSPS) is 10.6. The molecule has 0 saturated carbocycles. The van der Waals surface area contributed by atoms with Crippen LogP contribution in [0.5, 0.6) is 0 Å². The maximum Gasteiger partial charge on any atom is 0.354 e. The highest BCUT2D eigenvalue weighted by atomic mass is 16.5. The van der Waals surface area contributed by atoms with Gasteiger partial charge in [0.25, 0.3) is 0 Å². The van der Waals surface area contributed by atoms with Crippen LogP contribution < -0.4 is 0 Å². The number of carbonyl (C=O) groups is 1. The van der Waals surface area contributed by atoms with Crippen molar-refractivity contribution in [2.45, 2.75) is 6.92 Å². The smallest absolute Gasteiger partial charge is 0.354 e. The fourth-order valence-electron chi connectivity index (χ4n) is 1.25. The number of furan rings is 1. The molecule has 0 amide bonds. The van der Waals surface area contributed by atoms with E-state index in [9.17, 15) is 4.79 Å². The minimum Gasteiger partial charge on any atom is -0.464 e. The summed E-state index contributed by atoms with van der Waals surface area (Å²) in [4.78, 5) is 14.0. The summed E-state index contributed by atoms with van der Waals surface area (Å²) in [6.45, 7) is 1.91. The molecule has 2 aromatic heterocycles. The number of esters is 1. The van der Waals surface area contributed by atoms with Crippen molar-refractivity contribution >= 4 is 17.1 Å². The molecule has 0 radical (unpaired) electrons. The Morgan fingerprint density at radius 2 is 2.38 bits per heavy atom. The summed E-state index contributed by atoms with van der Waals surface area (Å²) >= 11 is 0. The number of hydrogen-bond donors (Lipinski definition) is 1. The van der Waals surface area contributed by atoms with E-state index in [4.69, 9.17) is 4.42 Å². The predicted molar refractivity (Wildman–Crippen MR) is 46.6 cm³/mol. The SMILES string of the molecule is COC(=O)c1cc2occ(C)c2[nH]1. The summed E-state index contributed by atoms with van der Waals surface area (Å²) in [6.07, 6.45) is 1.64. The van der Waals surface area contributed by atoms with Crippen LogP contribution in [0.4, 0.5) is 0 Å². The van der Waals surface area contributed by atoms with Crippen LogP contribution in [0, 0.1) is 6.92 Å². The molecule has 0 bridgehead atoms. The number of carbonyl (C=O) groups excluding carboxylic acids is 1. The molecule has 2 heterocycles. The Balaban J connectivity index is 2.56. The van der Waals surface area contributed by atoms with Gasteiger partial charge in [-0.2, -0.15) is 0 Å². The van der Waals surface area contributed by atoms with E-state index in [1.165, 1.54) is 7.11 Å². The Kier molecular flexibility index (Phi) is 1.62. The summed E-state index contributed by atoms with van der Waals surface area (Å²) in [5.74, 6) is -0.384. The van der Waals surface area contributed by atoms with Crippen molar-refractivity contribution in [1.29, 1.82) is 0 Å². The zero-order valence-corrected chi connectivity index (χ0v) is 7.38. The van der Waals surface area contributed by atoms with Crippen molar-refractivity contribution in [2.24, 2.45) is 0 Å². The molecular weight excluding hydrogens is 170 g/mol. The molecule has 0 unspecified atom stereocenters. The average molecular weight is 179 g/mol. The molecule has 0 aliphatic rings. The summed E-state index contributed by atoms with van der Waals surface area (Å²) < 4.78 is 9.75. The third-order valence-corrected chi connectivity index (χ3v) is 1.94. The van der Waals surface area contributed by atoms with Crippen molar-refractivity contribution in [3.63, 3.8) is 0 Å². The number of hydrogen-bond acceptors (Lipinski definition) is 3. The maximum atomic E-state index is 11.1. The van der Waals surface area contributed by atoms with E-state index in [1.54, 1.807) is 12.3 Å². The number of H-pyrrole nitrogens is 1. The van der Waals surface area contributed by atoms with Crippen molar-refractivity contribution < 1.29 is 13.9 Å². The monoisotopic (exact) mass is 179 g/mol. The van der Waals surface area contributed by atoms with Crippen molar-refractivity contribution in [2.75, 3.05) is 7.11 Å². The highest BCUT2D eigenvalue weighted by molar-refractivity contribution is 5.93. The van der Waals surface area contributed by atoms with Gasteiger partial charge >= 0.3 is 5.97 Å². The Labute approximate surface area is 74.5 Å². The zero-order valence-electron chi connectivity index (χ0n) is 7.38. The largest absolute Gasteiger partial charge is 0.464 e. The molecule has 0 aromatic carbocycles. The molecule has 2 rings (SSSR count). The number of aromatic nitrogens is 1. The molecule has 68 valence electrons. The van der Waals surface area contributed by atoms with Gasteiger partial charge in [0.05, 0.1) is 18.9 Å². The van der Waals surface area contributed by atoms with E-state index in [-0.39, 0.29) is 5.97 Å². The third kappa shape index (κ3) is 1.11. The van der Waals surface area contributed by atoms with E-state index in [0.29, 0.717) is 11.3 Å². The van der Waals surface area contributed by atoms with E-state index < -0.39 is 0 Å². The van der Waals surface area contributed by atoms with Crippen LogP contribution in [0.1, 0.15) is 16.1 Å². The first-order valence-electron chi connectivity index (χ1n) is 3.87. The molecule has 13 heavy (non-hydrogen) atoms. The zero-order chi connectivity index (χ0) is 9.42. The molecule has 2 aromatic rings. The van der Waals surface area contributed by atoms with E-state index >= 15 is 0 Å². The summed E-state index contributed by atoms with van der Waals surface area (Å²) in [5.41, 5.74) is 2.92. The van der Waals surface area contributed by atoms with Crippen LogP contribution in [-0.2, 0) is 4.74 Å². The molecule has 4 nitrogen and oxygen atoms in total. The van der Waals surface area contributed by atoms with E-state index in [0.717, 1.165) is 11.1 Å². The second-order valence-corrected chi connectivity index (χ2v) is 2.83. The van der Waals surface area contributed by atoms with E-state index in [2.05, 4.69) is 9.72 Å². The second-order valence-electron chi connectivity index (χ2n) is 2.83. The lowest BCUT2D eigenvalue weighted by molar-refractivity contribution is 0.0595. The standard InChI is InChI=1S/C9H9NO3/c1-5-4-13-7-3-6(9(11)12-2)10-8(5)7/h3-4,10H,1-2H3. The Hall–Kier alpha value is -1.71. The van der Waals surface area contributed by atoms with Crippen LogP contribution in [0.15, 0.2) is 16.7 Å². The number of rotatable bonds is 1. The summed E-state index contributed by atoms with van der Waals surface area (Å²) in [6, 6.07) is 1.63. The minimum atomic E-state index is -0.384. The lowest BCUT2D eigenvalue weighted by Gasteiger charge is -1.92. The second kappa shape index (κ2) is 2.65. The van der Waals surface area contributed by atoms with Gasteiger partial charge in [0.1, 0.15) is 5.69 Å². The molecule has 0 fully saturated rings. The van der Waals surface area contributed by atoms with Crippen molar-refractivity contribution in [3.05, 3.63) is 23.6 Å². The van der Waals surface area contributed by atoms with Gasteiger partial charge in [0.2, 0.25) is 0 Å². The molecular formula is C9H9NO3. The van der Waals surface area contributed by atoms with Crippen LogP contribution in [0.2, 0.25) is 0 Å². The molecule has 0 atom stereocenters. The molecule has 0 saturated heterocycles. The third-order valence-electron chi connectivity index (χ3n) is 1.94. The lowest BCUT2D eigenvalue weighted by atomic mass is 10.3. The van der Waals surface area contributed by atoms with Crippen LogP contribution in [-0.4, -0.2) is 18.1 Å². The van der Waals surface area contributed by atoms with Crippen molar-refractivity contribution in [3.8, 4) is 0 Å². The Morgan fingerprint density at radius 1 is 1.62 bits per heavy atom. The van der Waals surface area contributed by atoms with Crippen molar-refractivity contribution in [1.82, 2.24) is 4.98 Å². The quantitative estimate of drug-likeness (QED) is 0.679. The van der Waals surface area contributed by atoms with Gasteiger partial charge < -0.3 is 14.1 Å². The Morgan fingerprint density at radius 3 is 3.00 bits per heavy atom. The number of aromatic amines is 1. The molecule has 0 aliphatic heterocycles. The first-order chi connectivity index (χ1) is 6.22. The number of methoxy groups -OCH3 is 1. The summed E-state index contributed by atoms with van der Waals surface area (Å²) in [5, 5.41) is 0. The van der Waals surface area contributed by atoms with Crippen LogP contribution in [0.25, 0.3) is 11.1 Å². The predicted octanol–water partition coefficient (Wildman–Crippen LogP) is 1.86. The fraction of sp³-hybridized carbons (Fsp3) is 0.222. The van der Waals surface area contributed by atoms with Gasteiger partial charge in [-0.1, -0.05) is 0 Å². The van der Waals surface area contributed by atoms with Crippen LogP contribution >= 0.6 is 0 Å². The van der Waals surface area contributed by atoms with Gasteiger partial charge in [0, 0.05) is 11.6 Å². The molecule has 1 N–H and O–H groups in total. The number of ether oxygens (including phenoxy) is 1. The Bertz CT molecular complexity index is 452.